The molecule has 0 fully saturated rings. The zero-order chi connectivity index (χ0) is 34.5. The molecule has 48 heavy (non-hydrogen) atoms. The van der Waals surface area contributed by atoms with Crippen LogP contribution in [0.15, 0.2) is 48.5 Å². The summed E-state index contributed by atoms with van der Waals surface area (Å²) >= 11 is 5.82. The van der Waals surface area contributed by atoms with Crippen molar-refractivity contribution in [2.75, 3.05) is 31.6 Å². The summed E-state index contributed by atoms with van der Waals surface area (Å²) in [6.45, 7) is 1.11. The number of amides is 2. The Morgan fingerprint density at radius 1 is 0.938 bits per heavy atom. The van der Waals surface area contributed by atoms with Gasteiger partial charge in [-0.25, -0.2) is 15.1 Å². The first-order chi connectivity index (χ1) is 23.2. The molecule has 0 aliphatic rings. The van der Waals surface area contributed by atoms with Gasteiger partial charge in [0.15, 0.2) is 34.3 Å². The number of carbonyl (C=O) groups excluding carboxylic acids is 2. The molecular weight excluding hydrogens is 634 g/mol. The van der Waals surface area contributed by atoms with Crippen molar-refractivity contribution in [1.82, 2.24) is 46.1 Å². The van der Waals surface area contributed by atoms with Crippen molar-refractivity contribution in [3.8, 4) is 11.1 Å². The van der Waals surface area contributed by atoms with Crippen LogP contribution in [0.1, 0.15) is 72.0 Å². The van der Waals surface area contributed by atoms with Gasteiger partial charge in [0.1, 0.15) is 0 Å². The average molecular weight is 676 g/mol. The Labute approximate surface area is 283 Å². The lowest BCUT2D eigenvalue weighted by Crippen LogP contribution is -2.41. The van der Waals surface area contributed by atoms with E-state index in [9.17, 15) is 9.59 Å². The van der Waals surface area contributed by atoms with Crippen LogP contribution in [-0.4, -0.2) is 73.4 Å². The van der Waals surface area contributed by atoms with Crippen LogP contribution in [0.2, 0.25) is 5.15 Å². The minimum atomic E-state index is -0.701. The number of anilines is 2. The molecule has 0 aliphatic carbocycles. The summed E-state index contributed by atoms with van der Waals surface area (Å²) in [5.41, 5.74) is 21.2. The van der Waals surface area contributed by atoms with E-state index < -0.39 is 5.91 Å². The number of nitrogens with two attached hydrogens (primary N) is 3. The van der Waals surface area contributed by atoms with Crippen LogP contribution in [-0.2, 0) is 17.6 Å². The monoisotopic (exact) mass is 675 g/mol. The molecule has 0 radical (unpaired) electrons. The lowest BCUT2D eigenvalue weighted by atomic mass is 9.99. The highest BCUT2D eigenvalue weighted by molar-refractivity contribution is 6.31. The third-order valence-corrected chi connectivity index (χ3v) is 8.17. The number of aromatic nitrogens is 6. The van der Waals surface area contributed by atoms with Gasteiger partial charge in [-0.05, 0) is 84.2 Å². The molecule has 2 heterocycles. The standard InChI is InChI=1S/C32H42ClN13O2/c1-46(24(7-2-4-18-34)30-42-44-45-43-30)25(47)17-12-21-10-15-23(16-11-21)22-13-8-20(9-14-22)6-3-5-19-38-32(37)41-31(48)26-28(35)40-29(36)27(33)39-26/h8-11,13-16,24H,2-7,12,17-19,34H2,1H3,(H4,35,36,40)(H3,37,38,41,48)(H,42,43,44,45)/t24-/m1/s1. The van der Waals surface area contributed by atoms with Crippen LogP contribution >= 0.6 is 11.6 Å². The molecule has 10 N–H and O–H groups in total. The number of aromatic amines is 1. The molecule has 2 amide bonds. The average Bonchev–Trinajstić information content (AvgIpc) is 3.62. The van der Waals surface area contributed by atoms with Crippen molar-refractivity contribution >= 4 is 41.0 Å². The van der Waals surface area contributed by atoms with E-state index in [2.05, 4.69) is 89.8 Å². The molecule has 2 aromatic heterocycles. The maximum atomic E-state index is 13.0. The Morgan fingerprint density at radius 2 is 1.60 bits per heavy atom. The highest BCUT2D eigenvalue weighted by Gasteiger charge is 2.24. The first-order valence-electron chi connectivity index (χ1n) is 15.8. The molecule has 0 bridgehead atoms. The molecule has 0 aliphatic heterocycles. The van der Waals surface area contributed by atoms with E-state index in [1.54, 1.807) is 11.9 Å². The lowest BCUT2D eigenvalue weighted by molar-refractivity contribution is -0.132. The molecule has 4 aromatic rings. The number of benzene rings is 2. The van der Waals surface area contributed by atoms with Crippen molar-refractivity contribution in [3.05, 3.63) is 76.3 Å². The van der Waals surface area contributed by atoms with Crippen LogP contribution in [0.3, 0.4) is 0 Å². The van der Waals surface area contributed by atoms with Crippen molar-refractivity contribution in [3.63, 3.8) is 0 Å². The molecule has 0 unspecified atom stereocenters. The van der Waals surface area contributed by atoms with Gasteiger partial charge in [0.25, 0.3) is 5.91 Å². The van der Waals surface area contributed by atoms with Crippen LogP contribution in [0.5, 0.6) is 0 Å². The molecule has 2 aromatic carbocycles. The summed E-state index contributed by atoms with van der Waals surface area (Å²) < 4.78 is 0. The Bertz CT molecular complexity index is 1650. The number of hydrogen-bond acceptors (Lipinski definition) is 11. The summed E-state index contributed by atoms with van der Waals surface area (Å²) in [6, 6.07) is 16.5. The van der Waals surface area contributed by atoms with E-state index >= 15 is 0 Å². The number of carbonyl (C=O) groups is 2. The summed E-state index contributed by atoms with van der Waals surface area (Å²) in [5, 5.41) is 27.3. The zero-order valence-electron chi connectivity index (χ0n) is 26.9. The first-order valence-corrected chi connectivity index (χ1v) is 16.1. The SMILES string of the molecule is CN(C(=O)CCc1ccc(-c2ccc(CCCCNC(=N)NC(=O)c3nc(Cl)c(N)nc3N)cc2)cc1)[C@H](CCCCN)c1nnn[nH]1. The van der Waals surface area contributed by atoms with Gasteiger partial charge < -0.3 is 27.4 Å². The molecule has 0 saturated heterocycles. The minimum Gasteiger partial charge on any atom is -0.382 e. The molecule has 4 rings (SSSR count). The fraction of sp³-hybridized carbons (Fsp3) is 0.375. The van der Waals surface area contributed by atoms with Gasteiger partial charge in [0, 0.05) is 20.0 Å². The summed E-state index contributed by atoms with van der Waals surface area (Å²) in [7, 11) is 1.80. The van der Waals surface area contributed by atoms with E-state index in [1.807, 2.05) is 0 Å². The van der Waals surface area contributed by atoms with Gasteiger partial charge in [0.05, 0.1) is 6.04 Å². The van der Waals surface area contributed by atoms with E-state index in [-0.39, 0.29) is 40.4 Å². The summed E-state index contributed by atoms with van der Waals surface area (Å²) in [4.78, 5) is 34.7. The topological polar surface area (TPSA) is 244 Å². The number of aryl methyl sites for hydroxylation is 2. The minimum absolute atomic E-state index is 0.0330. The molecule has 1 atom stereocenters. The predicted molar refractivity (Wildman–Crippen MR) is 185 cm³/mol. The van der Waals surface area contributed by atoms with E-state index in [0.29, 0.717) is 31.8 Å². The molecule has 0 spiro atoms. The Balaban J connectivity index is 1.17. The van der Waals surface area contributed by atoms with Crippen molar-refractivity contribution in [2.45, 2.75) is 57.4 Å². The van der Waals surface area contributed by atoms with Crippen molar-refractivity contribution in [2.24, 2.45) is 5.73 Å². The molecule has 15 nitrogen and oxygen atoms in total. The number of hydrogen-bond donors (Lipinski definition) is 7. The molecule has 254 valence electrons. The number of tetrazole rings is 1. The lowest BCUT2D eigenvalue weighted by Gasteiger charge is -2.26. The number of H-pyrrole nitrogens is 1. The van der Waals surface area contributed by atoms with Gasteiger partial charge >= 0.3 is 0 Å². The van der Waals surface area contributed by atoms with Gasteiger partial charge in [0.2, 0.25) is 5.91 Å². The van der Waals surface area contributed by atoms with Crippen LogP contribution in [0.25, 0.3) is 11.1 Å². The highest BCUT2D eigenvalue weighted by Crippen LogP contribution is 2.24. The van der Waals surface area contributed by atoms with Gasteiger partial charge in [-0.15, -0.1) is 5.10 Å². The third kappa shape index (κ3) is 10.2. The predicted octanol–water partition coefficient (Wildman–Crippen LogP) is 3.01. The fourth-order valence-corrected chi connectivity index (χ4v) is 5.25. The number of nitrogens with one attached hydrogen (secondary N) is 4. The van der Waals surface area contributed by atoms with E-state index in [0.717, 1.165) is 55.2 Å². The van der Waals surface area contributed by atoms with Crippen LogP contribution in [0.4, 0.5) is 11.6 Å². The highest BCUT2D eigenvalue weighted by atomic mass is 35.5. The summed E-state index contributed by atoms with van der Waals surface area (Å²) in [5.74, 6) is -0.499. The maximum Gasteiger partial charge on any atom is 0.280 e. The Morgan fingerprint density at radius 3 is 2.23 bits per heavy atom. The normalized spacial score (nSPS) is 11.6. The number of unbranched alkanes of at least 4 members (excludes halogenated alkanes) is 2. The first kappa shape index (κ1) is 35.7. The number of nitrogens with zero attached hydrogens (tertiary/aromatic N) is 6. The van der Waals surface area contributed by atoms with Crippen molar-refractivity contribution in [1.29, 1.82) is 5.41 Å². The van der Waals surface area contributed by atoms with Crippen LogP contribution in [0, 0.1) is 5.41 Å². The number of nitrogen functional groups attached to an aromatic ring is 2. The van der Waals surface area contributed by atoms with Crippen LogP contribution < -0.4 is 27.8 Å². The Hall–Kier alpha value is -5.15. The fourth-order valence-electron chi connectivity index (χ4n) is 5.13. The molecule has 16 heteroatoms. The largest absolute Gasteiger partial charge is 0.382 e. The maximum absolute atomic E-state index is 13.0. The number of guanidine groups is 1. The summed E-state index contributed by atoms with van der Waals surface area (Å²) in [6.07, 6.45) is 6.08. The quantitative estimate of drug-likeness (QED) is 0.0517. The number of halogens is 1. The number of rotatable bonds is 16. The van der Waals surface area contributed by atoms with Crippen molar-refractivity contribution < 1.29 is 9.59 Å². The third-order valence-electron chi connectivity index (χ3n) is 7.89. The van der Waals surface area contributed by atoms with E-state index in [4.69, 9.17) is 34.2 Å². The smallest absolute Gasteiger partial charge is 0.280 e. The van der Waals surface area contributed by atoms with E-state index in [1.165, 1.54) is 5.56 Å². The second-order valence-corrected chi connectivity index (χ2v) is 11.7. The van der Waals surface area contributed by atoms with Gasteiger partial charge in [-0.1, -0.05) is 60.1 Å². The zero-order valence-corrected chi connectivity index (χ0v) is 27.6. The van der Waals surface area contributed by atoms with Gasteiger partial charge in [-0.2, -0.15) is 0 Å². The molecule has 0 saturated carbocycles. The molecular formula is C32H42ClN13O2. The van der Waals surface area contributed by atoms with Gasteiger partial charge in [-0.3, -0.25) is 20.3 Å². The second-order valence-electron chi connectivity index (χ2n) is 11.3. The second kappa shape index (κ2) is 17.7. The Kier molecular flexibility index (Phi) is 13.1.